The van der Waals surface area contributed by atoms with E-state index >= 15 is 0 Å². The van der Waals surface area contributed by atoms with Crippen molar-refractivity contribution in [3.05, 3.63) is 23.7 Å². The summed E-state index contributed by atoms with van der Waals surface area (Å²) in [5.41, 5.74) is 0. The number of ether oxygens (including phenoxy) is 1. The third-order valence-corrected chi connectivity index (χ3v) is 3.35. The Kier molecular flexibility index (Phi) is 4.62. The lowest BCUT2D eigenvalue weighted by Gasteiger charge is -2.31. The van der Waals surface area contributed by atoms with Gasteiger partial charge in [-0.1, -0.05) is 0 Å². The maximum atomic E-state index is 11.9. The summed E-state index contributed by atoms with van der Waals surface area (Å²) in [7, 11) is 1.68. The number of carbonyl (C=O) groups is 2. The number of furan rings is 1. The molecule has 20 heavy (non-hydrogen) atoms. The molecule has 1 aliphatic rings. The van der Waals surface area contributed by atoms with Gasteiger partial charge in [0.05, 0.1) is 12.6 Å². The number of methoxy groups -OCH3 is 1. The zero-order valence-electron chi connectivity index (χ0n) is 11.3. The summed E-state index contributed by atoms with van der Waals surface area (Å²) in [6.45, 7) is 1.49. The molecular weight excluding hydrogens is 264 g/mol. The van der Waals surface area contributed by atoms with Crippen LogP contribution in [-0.4, -0.2) is 48.3 Å². The summed E-state index contributed by atoms with van der Waals surface area (Å²) in [5.74, 6) is -0.832. The molecule has 1 saturated heterocycles. The smallest absolute Gasteiger partial charge is 0.371 e. The molecule has 1 fully saturated rings. The topological polar surface area (TPSA) is 92.0 Å². The Hall–Kier alpha value is -2.02. The third kappa shape index (κ3) is 3.51. The first-order chi connectivity index (χ1) is 9.60. The van der Waals surface area contributed by atoms with E-state index in [1.165, 1.54) is 6.07 Å². The molecule has 2 heterocycles. The second kappa shape index (κ2) is 6.42. The molecule has 0 bridgehead atoms. The molecule has 7 nitrogen and oxygen atoms in total. The van der Waals surface area contributed by atoms with E-state index in [9.17, 15) is 9.59 Å². The minimum Gasteiger partial charge on any atom is -0.475 e. The summed E-state index contributed by atoms with van der Waals surface area (Å²) in [6.07, 6.45) is 1.88. The van der Waals surface area contributed by atoms with Crippen molar-refractivity contribution in [2.24, 2.45) is 0 Å². The fraction of sp³-hybridized carbons (Fsp3) is 0.538. The van der Waals surface area contributed by atoms with E-state index in [0.717, 1.165) is 12.8 Å². The van der Waals surface area contributed by atoms with E-state index in [-0.39, 0.29) is 24.4 Å². The number of amides is 2. The van der Waals surface area contributed by atoms with Crippen LogP contribution in [0.25, 0.3) is 0 Å². The lowest BCUT2D eigenvalue weighted by molar-refractivity contribution is 0.0502. The monoisotopic (exact) mass is 282 g/mol. The third-order valence-electron chi connectivity index (χ3n) is 3.35. The van der Waals surface area contributed by atoms with Crippen LogP contribution in [0.5, 0.6) is 0 Å². The van der Waals surface area contributed by atoms with Crippen LogP contribution in [0.2, 0.25) is 0 Å². The highest BCUT2D eigenvalue weighted by atomic mass is 16.5. The molecule has 2 amide bonds. The Labute approximate surface area is 116 Å². The summed E-state index contributed by atoms with van der Waals surface area (Å²) >= 11 is 0. The Morgan fingerprint density at radius 1 is 1.45 bits per heavy atom. The zero-order chi connectivity index (χ0) is 14.5. The van der Waals surface area contributed by atoms with E-state index in [4.69, 9.17) is 14.3 Å². The Balaban J connectivity index is 1.78. The summed E-state index contributed by atoms with van der Waals surface area (Å²) in [4.78, 5) is 24.3. The molecule has 0 radical (unpaired) electrons. The predicted molar refractivity (Wildman–Crippen MR) is 69.5 cm³/mol. The van der Waals surface area contributed by atoms with Crippen molar-refractivity contribution in [2.45, 2.75) is 25.5 Å². The van der Waals surface area contributed by atoms with Gasteiger partial charge in [-0.25, -0.2) is 9.59 Å². The van der Waals surface area contributed by atoms with Crippen molar-refractivity contribution in [3.63, 3.8) is 0 Å². The molecule has 0 aromatic carbocycles. The molecule has 1 aliphatic heterocycles. The predicted octanol–water partition coefficient (Wildman–Crippen LogP) is 1.30. The highest BCUT2D eigenvalue weighted by Gasteiger charge is 2.22. The molecule has 110 valence electrons. The van der Waals surface area contributed by atoms with E-state index in [1.54, 1.807) is 18.1 Å². The number of hydrogen-bond donors (Lipinski definition) is 2. The fourth-order valence-corrected chi connectivity index (χ4v) is 2.16. The van der Waals surface area contributed by atoms with E-state index < -0.39 is 5.97 Å². The van der Waals surface area contributed by atoms with Crippen LogP contribution in [0.4, 0.5) is 4.79 Å². The Morgan fingerprint density at radius 3 is 2.70 bits per heavy atom. The number of carboxylic acid groups (broad SMARTS) is 1. The molecule has 0 aliphatic carbocycles. The van der Waals surface area contributed by atoms with Crippen molar-refractivity contribution in [1.82, 2.24) is 10.2 Å². The first-order valence-electron chi connectivity index (χ1n) is 6.47. The Morgan fingerprint density at radius 2 is 2.15 bits per heavy atom. The number of carboxylic acids is 1. The average Bonchev–Trinajstić information content (AvgIpc) is 2.94. The van der Waals surface area contributed by atoms with Gasteiger partial charge >= 0.3 is 12.0 Å². The number of piperidine rings is 1. The number of rotatable bonds is 4. The molecule has 0 saturated carbocycles. The highest BCUT2D eigenvalue weighted by Crippen LogP contribution is 2.13. The first kappa shape index (κ1) is 14.4. The first-order valence-corrected chi connectivity index (χ1v) is 6.47. The van der Waals surface area contributed by atoms with Crippen molar-refractivity contribution < 1.29 is 23.8 Å². The van der Waals surface area contributed by atoms with Crippen LogP contribution in [0.1, 0.15) is 29.2 Å². The van der Waals surface area contributed by atoms with Crippen LogP contribution >= 0.6 is 0 Å². The standard InChI is InChI=1S/C13H18N2O5/c1-19-9-4-6-15(7-5-9)13(18)14-8-10-2-3-11(20-10)12(16)17/h2-3,9H,4-8H2,1H3,(H,14,18)(H,16,17). The lowest BCUT2D eigenvalue weighted by Crippen LogP contribution is -2.45. The van der Waals surface area contributed by atoms with Gasteiger partial charge in [0.25, 0.3) is 0 Å². The highest BCUT2D eigenvalue weighted by molar-refractivity contribution is 5.84. The van der Waals surface area contributed by atoms with Gasteiger partial charge in [-0.2, -0.15) is 0 Å². The van der Waals surface area contributed by atoms with Crippen molar-refractivity contribution in [3.8, 4) is 0 Å². The minimum atomic E-state index is -1.12. The maximum Gasteiger partial charge on any atom is 0.371 e. The van der Waals surface area contributed by atoms with Gasteiger partial charge < -0.3 is 24.5 Å². The summed E-state index contributed by atoms with van der Waals surface area (Å²) in [6, 6.07) is 2.74. The summed E-state index contributed by atoms with van der Waals surface area (Å²) in [5, 5.41) is 11.4. The normalized spacial score (nSPS) is 16.1. The van der Waals surface area contributed by atoms with Crippen LogP contribution in [0.15, 0.2) is 16.5 Å². The van der Waals surface area contributed by atoms with Crippen molar-refractivity contribution in [2.75, 3.05) is 20.2 Å². The second-order valence-corrected chi connectivity index (χ2v) is 4.65. The molecule has 0 spiro atoms. The molecule has 1 aromatic rings. The number of likely N-dealkylation sites (tertiary alicyclic amines) is 1. The second-order valence-electron chi connectivity index (χ2n) is 4.65. The van der Waals surface area contributed by atoms with Gasteiger partial charge in [-0.05, 0) is 25.0 Å². The molecule has 0 atom stereocenters. The summed E-state index contributed by atoms with van der Waals surface area (Å²) < 4.78 is 10.3. The number of aromatic carboxylic acids is 1. The number of nitrogens with zero attached hydrogens (tertiary/aromatic N) is 1. The van der Waals surface area contributed by atoms with E-state index in [0.29, 0.717) is 18.8 Å². The number of urea groups is 1. The molecule has 2 N–H and O–H groups in total. The number of hydrogen-bond acceptors (Lipinski definition) is 4. The molecule has 1 aromatic heterocycles. The number of carbonyl (C=O) groups excluding carboxylic acids is 1. The van der Waals surface area contributed by atoms with Crippen LogP contribution in [0.3, 0.4) is 0 Å². The Bertz CT molecular complexity index is 477. The molecule has 0 unspecified atom stereocenters. The zero-order valence-corrected chi connectivity index (χ0v) is 11.3. The quantitative estimate of drug-likeness (QED) is 0.868. The number of nitrogens with one attached hydrogen (secondary N) is 1. The van der Waals surface area contributed by atoms with E-state index in [2.05, 4.69) is 5.32 Å². The van der Waals surface area contributed by atoms with Crippen LogP contribution < -0.4 is 5.32 Å². The van der Waals surface area contributed by atoms with Gasteiger partial charge in [-0.3, -0.25) is 0 Å². The van der Waals surface area contributed by atoms with Gasteiger partial charge in [0.1, 0.15) is 5.76 Å². The van der Waals surface area contributed by atoms with E-state index in [1.807, 2.05) is 0 Å². The van der Waals surface area contributed by atoms with Crippen LogP contribution in [0, 0.1) is 0 Å². The van der Waals surface area contributed by atoms with Gasteiger partial charge in [-0.15, -0.1) is 0 Å². The maximum absolute atomic E-state index is 11.9. The fourth-order valence-electron chi connectivity index (χ4n) is 2.16. The minimum absolute atomic E-state index is 0.129. The van der Waals surface area contributed by atoms with Gasteiger partial charge in [0.15, 0.2) is 0 Å². The molecule has 2 rings (SSSR count). The molecule has 7 heteroatoms. The lowest BCUT2D eigenvalue weighted by atomic mass is 10.1. The van der Waals surface area contributed by atoms with Crippen LogP contribution in [-0.2, 0) is 11.3 Å². The van der Waals surface area contributed by atoms with Gasteiger partial charge in [0, 0.05) is 20.2 Å². The SMILES string of the molecule is COC1CCN(C(=O)NCc2ccc(C(=O)O)o2)CC1. The van der Waals surface area contributed by atoms with Gasteiger partial charge in [0.2, 0.25) is 5.76 Å². The van der Waals surface area contributed by atoms with Crippen molar-refractivity contribution in [1.29, 1.82) is 0 Å². The average molecular weight is 282 g/mol. The largest absolute Gasteiger partial charge is 0.475 e. The van der Waals surface area contributed by atoms with Crippen molar-refractivity contribution >= 4 is 12.0 Å². The molecular formula is C13H18N2O5.